The number of likely N-dealkylation sites (N-methyl/N-ethyl adjacent to an activating group) is 1. The largest absolute Gasteiger partial charge is 0.388 e. The van der Waals surface area contributed by atoms with Crippen LogP contribution < -0.4 is 15.5 Å². The second-order valence-electron chi connectivity index (χ2n) is 10.5. The van der Waals surface area contributed by atoms with Gasteiger partial charge in [-0.05, 0) is 63.1 Å². The van der Waals surface area contributed by atoms with Gasteiger partial charge in [0.15, 0.2) is 0 Å². The number of allylic oxidation sites excluding steroid dienone is 2. The van der Waals surface area contributed by atoms with Crippen LogP contribution in [0.3, 0.4) is 0 Å². The topological polar surface area (TPSA) is 63.7 Å². The van der Waals surface area contributed by atoms with Gasteiger partial charge in [-0.25, -0.2) is 0 Å². The average molecular weight is 531 g/mol. The summed E-state index contributed by atoms with van der Waals surface area (Å²) >= 11 is 0. The number of nitrogens with zero attached hydrogens (tertiary/aromatic N) is 4. The minimum absolute atomic E-state index is 0.0430. The van der Waals surface area contributed by atoms with Crippen LogP contribution >= 0.6 is 0 Å². The third-order valence-corrected chi connectivity index (χ3v) is 7.06. The number of hydrogen-bond donors (Lipinski definition) is 2. The van der Waals surface area contributed by atoms with Crippen LogP contribution in [0.25, 0.3) is 6.08 Å². The monoisotopic (exact) mass is 530 g/mol. The first-order valence-electron chi connectivity index (χ1n) is 14.0. The first kappa shape index (κ1) is 30.0. The fourth-order valence-electron chi connectivity index (χ4n) is 4.85. The highest BCUT2D eigenvalue weighted by Crippen LogP contribution is 2.25. The van der Waals surface area contributed by atoms with Gasteiger partial charge in [-0.15, -0.1) is 0 Å². The number of piperazine rings is 1. The van der Waals surface area contributed by atoms with Gasteiger partial charge in [0, 0.05) is 100 Å². The van der Waals surface area contributed by atoms with Crippen LogP contribution in [0.5, 0.6) is 0 Å². The van der Waals surface area contributed by atoms with E-state index in [2.05, 4.69) is 77.4 Å². The number of pyridine rings is 1. The van der Waals surface area contributed by atoms with Gasteiger partial charge in [0.25, 0.3) is 5.91 Å². The molecule has 1 saturated heterocycles. The molecule has 7 heteroatoms. The summed E-state index contributed by atoms with van der Waals surface area (Å²) in [5, 5.41) is 6.70. The number of aromatic nitrogens is 1. The maximum Gasteiger partial charge on any atom is 0.253 e. The summed E-state index contributed by atoms with van der Waals surface area (Å²) < 4.78 is 0. The molecule has 1 aromatic carbocycles. The molecule has 0 bridgehead atoms. The average Bonchev–Trinajstić information content (AvgIpc) is 2.92. The second kappa shape index (κ2) is 14.5. The van der Waals surface area contributed by atoms with E-state index in [-0.39, 0.29) is 5.91 Å². The predicted molar refractivity (Wildman–Crippen MR) is 165 cm³/mol. The Hall–Kier alpha value is -3.58. The van der Waals surface area contributed by atoms with Crippen molar-refractivity contribution in [3.8, 4) is 0 Å². The van der Waals surface area contributed by atoms with E-state index in [9.17, 15) is 4.79 Å². The van der Waals surface area contributed by atoms with Crippen molar-refractivity contribution in [3.05, 3.63) is 82.5 Å². The zero-order valence-electron chi connectivity index (χ0n) is 24.8. The summed E-state index contributed by atoms with van der Waals surface area (Å²) in [5.41, 5.74) is 8.73. The number of nitrogens with one attached hydrogen (secondary N) is 2. The Morgan fingerprint density at radius 2 is 1.87 bits per heavy atom. The smallest absolute Gasteiger partial charge is 0.253 e. The number of amides is 1. The van der Waals surface area contributed by atoms with E-state index in [0.717, 1.165) is 79.3 Å². The Labute approximate surface area is 235 Å². The minimum Gasteiger partial charge on any atom is -0.388 e. The Kier molecular flexibility index (Phi) is 11.2. The van der Waals surface area contributed by atoms with Gasteiger partial charge in [0.2, 0.25) is 0 Å². The zero-order valence-corrected chi connectivity index (χ0v) is 24.8. The van der Waals surface area contributed by atoms with Crippen molar-refractivity contribution in [2.24, 2.45) is 0 Å². The summed E-state index contributed by atoms with van der Waals surface area (Å²) in [4.78, 5) is 23.4. The lowest BCUT2D eigenvalue weighted by Crippen LogP contribution is -2.47. The standard InChI is InChI=1S/C32H46N6O/c1-8-9-10-28(33-5)13-15-35-30-14-16-34-26(4)29(30)21-24(2)23-37-17-19-38(20-18-37)31-12-11-27(22-25(31)3)32(39)36(6)7/h10-16,21-22,33H,8-9,17-20,23H2,1-7H3,(H,34,35)/b15-13-,24-21+,28-10+. The number of aryl methyl sites for hydroxylation is 2. The van der Waals surface area contributed by atoms with Crippen molar-refractivity contribution >= 4 is 23.4 Å². The van der Waals surface area contributed by atoms with Crippen LogP contribution in [-0.2, 0) is 0 Å². The fraction of sp³-hybridized carbons (Fsp3) is 0.438. The van der Waals surface area contributed by atoms with Crippen LogP contribution in [-0.4, -0.2) is 74.6 Å². The Morgan fingerprint density at radius 3 is 2.51 bits per heavy atom. The van der Waals surface area contributed by atoms with Crippen molar-refractivity contribution < 1.29 is 4.79 Å². The Bertz CT molecular complexity index is 1210. The SMILES string of the molecule is CCC/C=C(\C=C/Nc1ccnc(C)c1/C=C(\C)CN1CCN(c2ccc(C(=O)N(C)C)cc2C)CC1)NC. The van der Waals surface area contributed by atoms with Gasteiger partial charge < -0.3 is 20.4 Å². The molecule has 0 saturated carbocycles. The van der Waals surface area contributed by atoms with Crippen LogP contribution in [0.4, 0.5) is 11.4 Å². The van der Waals surface area contributed by atoms with Gasteiger partial charge >= 0.3 is 0 Å². The molecule has 210 valence electrons. The molecule has 0 unspecified atom stereocenters. The molecule has 39 heavy (non-hydrogen) atoms. The molecule has 1 aliphatic rings. The summed E-state index contributed by atoms with van der Waals surface area (Å²) in [6, 6.07) is 8.08. The molecule has 1 aromatic heterocycles. The molecule has 1 aliphatic heterocycles. The zero-order chi connectivity index (χ0) is 28.4. The number of carbonyl (C=O) groups is 1. The molecular formula is C32H46N6O. The molecular weight excluding hydrogens is 484 g/mol. The molecule has 7 nitrogen and oxygen atoms in total. The van der Waals surface area contributed by atoms with Crippen molar-refractivity contribution in [2.45, 2.75) is 40.5 Å². The molecule has 2 aromatic rings. The maximum absolute atomic E-state index is 12.3. The van der Waals surface area contributed by atoms with E-state index in [0.29, 0.717) is 0 Å². The van der Waals surface area contributed by atoms with Crippen LogP contribution in [0.15, 0.2) is 60.1 Å². The normalized spacial score (nSPS) is 15.1. The highest BCUT2D eigenvalue weighted by molar-refractivity contribution is 5.94. The third-order valence-electron chi connectivity index (χ3n) is 7.06. The maximum atomic E-state index is 12.3. The van der Waals surface area contributed by atoms with Crippen LogP contribution in [0.2, 0.25) is 0 Å². The first-order chi connectivity index (χ1) is 18.7. The van der Waals surface area contributed by atoms with Gasteiger partial charge in [-0.3, -0.25) is 14.7 Å². The molecule has 3 rings (SSSR count). The highest BCUT2D eigenvalue weighted by atomic mass is 16.2. The number of anilines is 2. The molecule has 0 spiro atoms. The Balaban J connectivity index is 1.62. The number of carbonyl (C=O) groups excluding carboxylic acids is 1. The number of rotatable bonds is 11. The van der Waals surface area contributed by atoms with Gasteiger partial charge in [-0.1, -0.05) is 31.1 Å². The fourth-order valence-corrected chi connectivity index (χ4v) is 4.85. The molecule has 0 radical (unpaired) electrons. The minimum atomic E-state index is 0.0430. The summed E-state index contributed by atoms with van der Waals surface area (Å²) in [6.07, 6.45) is 12.6. The third kappa shape index (κ3) is 8.45. The molecule has 1 amide bonds. The quantitative estimate of drug-likeness (QED) is 0.377. The summed E-state index contributed by atoms with van der Waals surface area (Å²) in [5.74, 6) is 0.0430. The molecule has 2 N–H and O–H groups in total. The molecule has 0 aliphatic carbocycles. The first-order valence-corrected chi connectivity index (χ1v) is 14.0. The highest BCUT2D eigenvalue weighted by Gasteiger charge is 2.20. The van der Waals surface area contributed by atoms with E-state index >= 15 is 0 Å². The summed E-state index contributed by atoms with van der Waals surface area (Å²) in [6.45, 7) is 13.4. The lowest BCUT2D eigenvalue weighted by molar-refractivity contribution is 0.0827. The van der Waals surface area contributed by atoms with Crippen molar-refractivity contribution in [3.63, 3.8) is 0 Å². The van der Waals surface area contributed by atoms with Gasteiger partial charge in [0.1, 0.15) is 0 Å². The Morgan fingerprint density at radius 1 is 1.13 bits per heavy atom. The van der Waals surface area contributed by atoms with E-state index in [1.807, 2.05) is 37.6 Å². The van der Waals surface area contributed by atoms with Gasteiger partial charge in [-0.2, -0.15) is 0 Å². The van der Waals surface area contributed by atoms with Gasteiger partial charge in [0.05, 0.1) is 0 Å². The lowest BCUT2D eigenvalue weighted by Gasteiger charge is -2.37. The molecule has 0 atom stereocenters. The van der Waals surface area contributed by atoms with E-state index in [4.69, 9.17) is 0 Å². The molecule has 2 heterocycles. The van der Waals surface area contributed by atoms with E-state index < -0.39 is 0 Å². The van der Waals surface area contributed by atoms with Crippen LogP contribution in [0.1, 0.15) is 53.9 Å². The predicted octanol–water partition coefficient (Wildman–Crippen LogP) is 5.45. The van der Waals surface area contributed by atoms with E-state index in [1.165, 1.54) is 11.3 Å². The lowest BCUT2D eigenvalue weighted by atomic mass is 10.1. The second-order valence-corrected chi connectivity index (χ2v) is 10.5. The van der Waals surface area contributed by atoms with Crippen molar-refractivity contribution in [2.75, 3.05) is 64.1 Å². The van der Waals surface area contributed by atoms with E-state index in [1.54, 1.807) is 19.0 Å². The number of hydrogen-bond acceptors (Lipinski definition) is 6. The van der Waals surface area contributed by atoms with Crippen molar-refractivity contribution in [1.82, 2.24) is 20.1 Å². The van der Waals surface area contributed by atoms with Crippen molar-refractivity contribution in [1.29, 1.82) is 0 Å². The van der Waals surface area contributed by atoms with Crippen LogP contribution in [0, 0.1) is 13.8 Å². The summed E-state index contributed by atoms with van der Waals surface area (Å²) in [7, 11) is 5.53. The number of unbranched alkanes of at least 4 members (excludes halogenated alkanes) is 1. The number of benzene rings is 1. The molecule has 1 fully saturated rings.